The normalized spacial score (nSPS) is 10.2. The largest absolute Gasteiger partial charge is 0.481 e. The van der Waals surface area contributed by atoms with Crippen LogP contribution in [-0.4, -0.2) is 27.6 Å². The number of carboxylic acids is 1. The molecule has 1 aromatic carbocycles. The number of nitrogens with two attached hydrogens (primary N) is 1. The Bertz CT molecular complexity index is 694. The minimum absolute atomic E-state index is 0.0741. The number of benzene rings is 1. The lowest BCUT2D eigenvalue weighted by molar-refractivity contribution is -0.136. The third kappa shape index (κ3) is 3.32. The predicted octanol–water partition coefficient (Wildman–Crippen LogP) is 1.18. The molecule has 22 heavy (non-hydrogen) atoms. The smallest absolute Gasteiger partial charge is 0.303 e. The number of hydrogen-bond donors (Lipinski definition) is 3. The Hall–Kier alpha value is -3.09. The van der Waals surface area contributed by atoms with Gasteiger partial charge < -0.3 is 10.8 Å². The highest BCUT2D eigenvalue weighted by Gasteiger charge is 2.22. The summed E-state index contributed by atoms with van der Waals surface area (Å²) in [6.07, 6.45) is 1.73. The molecule has 0 aliphatic rings. The van der Waals surface area contributed by atoms with Crippen molar-refractivity contribution < 1.29 is 14.7 Å². The van der Waals surface area contributed by atoms with E-state index in [2.05, 4.69) is 0 Å². The Morgan fingerprint density at radius 2 is 1.86 bits per heavy atom. The van der Waals surface area contributed by atoms with Gasteiger partial charge in [-0.15, -0.1) is 0 Å². The molecule has 4 N–H and O–H groups in total. The van der Waals surface area contributed by atoms with Crippen LogP contribution in [0.4, 0.5) is 0 Å². The summed E-state index contributed by atoms with van der Waals surface area (Å²) in [6, 6.07) is 11.8. The van der Waals surface area contributed by atoms with Crippen LogP contribution < -0.4 is 10.7 Å². The van der Waals surface area contributed by atoms with Crippen LogP contribution in [0.2, 0.25) is 0 Å². The van der Waals surface area contributed by atoms with Crippen molar-refractivity contribution in [2.45, 2.75) is 12.8 Å². The van der Waals surface area contributed by atoms with Crippen LogP contribution in [0.1, 0.15) is 22.5 Å². The van der Waals surface area contributed by atoms with E-state index >= 15 is 0 Å². The zero-order chi connectivity index (χ0) is 16.1. The molecule has 0 radical (unpaired) electrons. The predicted molar refractivity (Wildman–Crippen MR) is 81.3 cm³/mol. The third-order valence-corrected chi connectivity index (χ3v) is 3.06. The minimum Gasteiger partial charge on any atom is -0.481 e. The summed E-state index contributed by atoms with van der Waals surface area (Å²) >= 11 is 0. The molecular weight excluding hydrogens is 284 g/mol. The van der Waals surface area contributed by atoms with Crippen LogP contribution in [0.25, 0.3) is 0 Å². The molecule has 0 bridgehead atoms. The topological polar surface area (TPSA) is 112 Å². The number of aromatic nitrogens is 1. The zero-order valence-electron chi connectivity index (χ0n) is 11.8. The SMILES string of the molecule is N=C(N)N(C(=O)c1ccccc1)n1cccc1CCC(=O)O. The first-order valence-corrected chi connectivity index (χ1v) is 6.62. The molecule has 0 fully saturated rings. The summed E-state index contributed by atoms with van der Waals surface area (Å²) in [7, 11) is 0. The van der Waals surface area contributed by atoms with Gasteiger partial charge in [-0.3, -0.25) is 19.7 Å². The zero-order valence-corrected chi connectivity index (χ0v) is 11.8. The van der Waals surface area contributed by atoms with E-state index in [1.54, 1.807) is 48.7 Å². The number of nitrogens with zero attached hydrogens (tertiary/aromatic N) is 2. The maximum atomic E-state index is 12.5. The van der Waals surface area contributed by atoms with Gasteiger partial charge in [0, 0.05) is 23.9 Å². The van der Waals surface area contributed by atoms with Gasteiger partial charge in [0.2, 0.25) is 5.96 Å². The van der Waals surface area contributed by atoms with E-state index in [0.29, 0.717) is 11.3 Å². The quantitative estimate of drug-likeness (QED) is 0.568. The molecule has 0 unspecified atom stereocenters. The molecule has 0 spiro atoms. The monoisotopic (exact) mass is 300 g/mol. The summed E-state index contributed by atoms with van der Waals surface area (Å²) in [4.78, 5) is 23.3. The molecule has 2 aromatic rings. The first-order valence-electron chi connectivity index (χ1n) is 6.62. The van der Waals surface area contributed by atoms with Crippen molar-refractivity contribution in [3.8, 4) is 0 Å². The molecule has 1 aromatic heterocycles. The molecule has 2 rings (SSSR count). The molecule has 0 aliphatic heterocycles. The molecule has 114 valence electrons. The summed E-state index contributed by atoms with van der Waals surface area (Å²) < 4.78 is 1.40. The Morgan fingerprint density at radius 1 is 1.18 bits per heavy atom. The highest BCUT2D eigenvalue weighted by Crippen LogP contribution is 2.10. The van der Waals surface area contributed by atoms with E-state index in [1.165, 1.54) is 4.68 Å². The Balaban J connectivity index is 2.33. The fourth-order valence-electron chi connectivity index (χ4n) is 2.06. The van der Waals surface area contributed by atoms with Gasteiger partial charge in [0.05, 0.1) is 6.42 Å². The van der Waals surface area contributed by atoms with E-state index in [-0.39, 0.29) is 12.8 Å². The number of guanidine groups is 1. The number of amides is 1. The Labute approximate surface area is 127 Å². The molecule has 0 saturated carbocycles. The Kier molecular flexibility index (Phi) is 4.57. The molecule has 1 heterocycles. The van der Waals surface area contributed by atoms with Crippen molar-refractivity contribution in [3.63, 3.8) is 0 Å². The molecule has 0 aliphatic carbocycles. The molecular formula is C15H16N4O3. The van der Waals surface area contributed by atoms with Gasteiger partial charge >= 0.3 is 5.97 Å². The maximum Gasteiger partial charge on any atom is 0.303 e. The van der Waals surface area contributed by atoms with E-state index in [9.17, 15) is 9.59 Å². The molecule has 7 nitrogen and oxygen atoms in total. The van der Waals surface area contributed by atoms with Gasteiger partial charge in [-0.1, -0.05) is 18.2 Å². The number of nitrogens with one attached hydrogen (secondary N) is 1. The lowest BCUT2D eigenvalue weighted by atomic mass is 10.2. The highest BCUT2D eigenvalue weighted by molar-refractivity contribution is 6.15. The maximum absolute atomic E-state index is 12.5. The lowest BCUT2D eigenvalue weighted by Gasteiger charge is -2.24. The fourth-order valence-corrected chi connectivity index (χ4v) is 2.06. The van der Waals surface area contributed by atoms with Crippen molar-refractivity contribution in [1.82, 2.24) is 4.68 Å². The molecule has 7 heteroatoms. The first-order chi connectivity index (χ1) is 10.5. The van der Waals surface area contributed by atoms with Crippen LogP contribution in [0, 0.1) is 5.41 Å². The van der Waals surface area contributed by atoms with Crippen molar-refractivity contribution >= 4 is 17.8 Å². The summed E-state index contributed by atoms with van der Waals surface area (Å²) in [5.74, 6) is -1.83. The van der Waals surface area contributed by atoms with Crippen LogP contribution >= 0.6 is 0 Å². The number of rotatable bonds is 5. The third-order valence-electron chi connectivity index (χ3n) is 3.06. The van der Waals surface area contributed by atoms with Gasteiger partial charge in [0.25, 0.3) is 5.91 Å². The second-order valence-electron chi connectivity index (χ2n) is 4.61. The van der Waals surface area contributed by atoms with Crippen molar-refractivity contribution in [3.05, 3.63) is 59.9 Å². The number of hydrogen-bond acceptors (Lipinski definition) is 3. The number of carbonyl (C=O) groups excluding carboxylic acids is 1. The van der Waals surface area contributed by atoms with Gasteiger partial charge in [-0.25, -0.2) is 0 Å². The van der Waals surface area contributed by atoms with Gasteiger partial charge in [-0.05, 0) is 24.3 Å². The van der Waals surface area contributed by atoms with Crippen LogP contribution in [0.3, 0.4) is 0 Å². The number of aliphatic carboxylic acids is 1. The number of carbonyl (C=O) groups is 2. The standard InChI is InChI=1S/C15H16N4O3/c16-15(17)19(14(22)11-5-2-1-3-6-11)18-10-4-7-12(18)8-9-13(20)21/h1-7,10H,8-9H2,(H3,16,17)(H,20,21). The summed E-state index contributed by atoms with van der Waals surface area (Å²) in [5, 5.41) is 17.5. The average Bonchev–Trinajstić information content (AvgIpc) is 2.94. The van der Waals surface area contributed by atoms with Crippen LogP contribution in [0.5, 0.6) is 0 Å². The second kappa shape index (κ2) is 6.57. The van der Waals surface area contributed by atoms with Gasteiger partial charge in [0.1, 0.15) is 0 Å². The van der Waals surface area contributed by atoms with Crippen molar-refractivity contribution in [1.29, 1.82) is 5.41 Å². The number of aryl methyl sites for hydroxylation is 1. The average molecular weight is 300 g/mol. The summed E-state index contributed by atoms with van der Waals surface area (Å²) in [6.45, 7) is 0. The molecule has 0 saturated heterocycles. The molecule has 0 atom stereocenters. The van der Waals surface area contributed by atoms with Crippen LogP contribution in [-0.2, 0) is 11.2 Å². The van der Waals surface area contributed by atoms with Crippen molar-refractivity contribution in [2.24, 2.45) is 5.73 Å². The summed E-state index contributed by atoms with van der Waals surface area (Å²) in [5.41, 5.74) is 6.51. The van der Waals surface area contributed by atoms with Gasteiger partial charge in [0.15, 0.2) is 0 Å². The fraction of sp³-hybridized carbons (Fsp3) is 0.133. The van der Waals surface area contributed by atoms with Gasteiger partial charge in [-0.2, -0.15) is 5.01 Å². The van der Waals surface area contributed by atoms with Crippen LogP contribution in [0.15, 0.2) is 48.7 Å². The first kappa shape index (κ1) is 15.3. The van der Waals surface area contributed by atoms with E-state index in [1.807, 2.05) is 0 Å². The lowest BCUT2D eigenvalue weighted by Crippen LogP contribution is -2.49. The minimum atomic E-state index is -0.934. The number of carboxylic acid groups (broad SMARTS) is 1. The second-order valence-corrected chi connectivity index (χ2v) is 4.61. The van der Waals surface area contributed by atoms with E-state index in [0.717, 1.165) is 5.01 Å². The Morgan fingerprint density at radius 3 is 2.45 bits per heavy atom. The van der Waals surface area contributed by atoms with Crippen molar-refractivity contribution in [2.75, 3.05) is 5.01 Å². The van der Waals surface area contributed by atoms with E-state index < -0.39 is 17.8 Å². The highest BCUT2D eigenvalue weighted by atomic mass is 16.4. The molecule has 1 amide bonds. The van der Waals surface area contributed by atoms with E-state index in [4.69, 9.17) is 16.2 Å².